The second-order valence-electron chi connectivity index (χ2n) is 4.10. The molecule has 0 saturated carbocycles. The van der Waals surface area contributed by atoms with Crippen molar-refractivity contribution in [3.8, 4) is 0 Å². The van der Waals surface area contributed by atoms with Crippen LogP contribution in [0.25, 0.3) is 0 Å². The molecule has 0 aromatic rings. The molecule has 0 aliphatic carbocycles. The average Bonchev–Trinajstić information content (AvgIpc) is 2.25. The quantitative estimate of drug-likeness (QED) is 0.434. The molecule has 106 valence electrons. The number of hydrogen-bond acceptors (Lipinski definition) is 2. The lowest BCUT2D eigenvalue weighted by molar-refractivity contribution is -0.286. The van der Waals surface area contributed by atoms with Crippen LogP contribution in [-0.4, -0.2) is 23.7 Å². The third-order valence-electron chi connectivity index (χ3n) is 2.91. The van der Waals surface area contributed by atoms with Crippen LogP contribution in [0.3, 0.4) is 0 Å². The van der Waals surface area contributed by atoms with Crippen LogP contribution in [0.15, 0.2) is 12.7 Å². The van der Waals surface area contributed by atoms with Crippen molar-refractivity contribution in [1.29, 1.82) is 0 Å². The molecule has 0 fully saturated rings. The van der Waals surface area contributed by atoms with Crippen LogP contribution in [-0.2, 0) is 9.53 Å². The van der Waals surface area contributed by atoms with Gasteiger partial charge in [0.15, 0.2) is 5.60 Å². The van der Waals surface area contributed by atoms with E-state index < -0.39 is 36.0 Å². The number of carbonyl (C=O) groups excluding carboxylic acids is 1. The molecule has 0 amide bonds. The SMILES string of the molecule is C=CC(=O)OC(C)(CC)C(F)(F)C(C)C(F)(F)F. The van der Waals surface area contributed by atoms with Crippen LogP contribution in [0.5, 0.6) is 0 Å². The first-order valence-corrected chi connectivity index (χ1v) is 5.22. The maximum Gasteiger partial charge on any atom is 0.397 e. The van der Waals surface area contributed by atoms with Crippen LogP contribution in [0.2, 0.25) is 0 Å². The Morgan fingerprint density at radius 1 is 1.33 bits per heavy atom. The summed E-state index contributed by atoms with van der Waals surface area (Å²) in [4.78, 5) is 11.0. The molecular weight excluding hydrogens is 259 g/mol. The fourth-order valence-corrected chi connectivity index (χ4v) is 1.30. The monoisotopic (exact) mass is 274 g/mol. The van der Waals surface area contributed by atoms with E-state index in [1.54, 1.807) is 0 Å². The van der Waals surface area contributed by atoms with Gasteiger partial charge in [-0.15, -0.1) is 0 Å². The summed E-state index contributed by atoms with van der Waals surface area (Å²) < 4.78 is 69.2. The van der Waals surface area contributed by atoms with Gasteiger partial charge in [-0.3, -0.25) is 0 Å². The fraction of sp³-hybridized carbons (Fsp3) is 0.727. The molecule has 0 bridgehead atoms. The van der Waals surface area contributed by atoms with Gasteiger partial charge in [-0.2, -0.15) is 13.2 Å². The second kappa shape index (κ2) is 5.24. The minimum absolute atomic E-state index is 0.357. The highest BCUT2D eigenvalue weighted by Crippen LogP contribution is 2.46. The van der Waals surface area contributed by atoms with Crippen molar-refractivity contribution >= 4 is 5.97 Å². The normalized spacial score (nSPS) is 17.8. The molecule has 0 heterocycles. The number of ether oxygens (including phenoxy) is 1. The summed E-state index contributed by atoms with van der Waals surface area (Å²) in [7, 11) is 0. The van der Waals surface area contributed by atoms with Gasteiger partial charge in [-0.05, 0) is 20.3 Å². The summed E-state index contributed by atoms with van der Waals surface area (Å²) in [6.07, 6.45) is -4.91. The van der Waals surface area contributed by atoms with Crippen LogP contribution < -0.4 is 0 Å². The molecule has 0 aromatic heterocycles. The number of hydrogen-bond donors (Lipinski definition) is 0. The number of rotatable bonds is 5. The molecule has 0 aliphatic rings. The first kappa shape index (κ1) is 16.9. The molecule has 0 N–H and O–H groups in total. The second-order valence-corrected chi connectivity index (χ2v) is 4.10. The van der Waals surface area contributed by atoms with Crippen LogP contribution >= 0.6 is 0 Å². The Bertz CT molecular complexity index is 324. The maximum atomic E-state index is 13.8. The lowest BCUT2D eigenvalue weighted by Crippen LogP contribution is -2.55. The lowest BCUT2D eigenvalue weighted by Gasteiger charge is -2.39. The van der Waals surface area contributed by atoms with Crippen LogP contribution in [0.1, 0.15) is 27.2 Å². The van der Waals surface area contributed by atoms with E-state index in [9.17, 15) is 26.7 Å². The van der Waals surface area contributed by atoms with Gasteiger partial charge in [0.05, 0.1) is 0 Å². The highest BCUT2D eigenvalue weighted by atomic mass is 19.4. The third-order valence-corrected chi connectivity index (χ3v) is 2.91. The number of carbonyl (C=O) groups is 1. The summed E-state index contributed by atoms with van der Waals surface area (Å²) in [6, 6.07) is 0. The molecule has 0 aromatic carbocycles. The van der Waals surface area contributed by atoms with Gasteiger partial charge >= 0.3 is 12.1 Å². The van der Waals surface area contributed by atoms with Gasteiger partial charge in [-0.1, -0.05) is 13.5 Å². The Labute approximate surface area is 102 Å². The summed E-state index contributed by atoms with van der Waals surface area (Å²) in [5.41, 5.74) is -2.53. The molecule has 0 radical (unpaired) electrons. The van der Waals surface area contributed by atoms with Crippen molar-refractivity contribution < 1.29 is 31.5 Å². The topological polar surface area (TPSA) is 26.3 Å². The van der Waals surface area contributed by atoms with E-state index in [1.807, 2.05) is 0 Å². The van der Waals surface area contributed by atoms with E-state index in [0.717, 1.165) is 6.92 Å². The first-order valence-electron chi connectivity index (χ1n) is 5.22. The smallest absolute Gasteiger partial charge is 0.397 e. The average molecular weight is 274 g/mol. The van der Waals surface area contributed by atoms with Crippen LogP contribution in [0.4, 0.5) is 22.0 Å². The molecule has 0 rings (SSSR count). The first-order chi connectivity index (χ1) is 7.92. The van der Waals surface area contributed by atoms with Crippen molar-refractivity contribution in [3.05, 3.63) is 12.7 Å². The van der Waals surface area contributed by atoms with Crippen LogP contribution in [0, 0.1) is 5.92 Å². The maximum absolute atomic E-state index is 13.8. The highest BCUT2D eigenvalue weighted by Gasteiger charge is 2.63. The molecule has 2 nitrogen and oxygen atoms in total. The standard InChI is InChI=1S/C11H15F5O2/c1-5-8(17)18-9(4,6-2)10(12,13)7(3)11(14,15)16/h5,7H,1,6H2,2-4H3. The molecular formula is C11H15F5O2. The summed E-state index contributed by atoms with van der Waals surface area (Å²) in [5.74, 6) is -8.35. The van der Waals surface area contributed by atoms with Crippen molar-refractivity contribution in [2.24, 2.45) is 5.92 Å². The van der Waals surface area contributed by atoms with Crippen molar-refractivity contribution in [3.63, 3.8) is 0 Å². The van der Waals surface area contributed by atoms with Gasteiger partial charge in [-0.25, -0.2) is 13.6 Å². The lowest BCUT2D eigenvalue weighted by atomic mass is 9.85. The van der Waals surface area contributed by atoms with E-state index in [4.69, 9.17) is 0 Å². The van der Waals surface area contributed by atoms with Gasteiger partial charge in [0.2, 0.25) is 0 Å². The number of esters is 1. The minimum Gasteiger partial charge on any atom is -0.450 e. The summed E-state index contributed by atoms with van der Waals surface area (Å²) >= 11 is 0. The van der Waals surface area contributed by atoms with E-state index in [2.05, 4.69) is 11.3 Å². The number of alkyl halides is 5. The molecule has 7 heteroatoms. The predicted octanol–water partition coefficient (Wildman–Crippen LogP) is 3.72. The van der Waals surface area contributed by atoms with Gasteiger partial charge in [0.1, 0.15) is 5.92 Å². The Hall–Kier alpha value is -1.14. The highest BCUT2D eigenvalue weighted by molar-refractivity contribution is 5.81. The zero-order chi connectivity index (χ0) is 14.8. The molecule has 0 spiro atoms. The van der Waals surface area contributed by atoms with Crippen molar-refractivity contribution in [2.45, 2.75) is 44.9 Å². The molecule has 18 heavy (non-hydrogen) atoms. The largest absolute Gasteiger partial charge is 0.450 e. The van der Waals surface area contributed by atoms with E-state index >= 15 is 0 Å². The minimum atomic E-state index is -5.08. The molecule has 0 aliphatic heterocycles. The Morgan fingerprint density at radius 2 is 1.78 bits per heavy atom. The Kier molecular flexibility index (Phi) is 4.91. The Morgan fingerprint density at radius 3 is 2.06 bits per heavy atom. The van der Waals surface area contributed by atoms with E-state index in [0.29, 0.717) is 13.0 Å². The fourth-order valence-electron chi connectivity index (χ4n) is 1.30. The van der Waals surface area contributed by atoms with Gasteiger partial charge in [0.25, 0.3) is 5.92 Å². The van der Waals surface area contributed by atoms with Gasteiger partial charge in [0, 0.05) is 6.08 Å². The van der Waals surface area contributed by atoms with E-state index in [-0.39, 0.29) is 0 Å². The Balaban J connectivity index is 5.36. The zero-order valence-corrected chi connectivity index (χ0v) is 10.3. The molecule has 2 atom stereocenters. The summed E-state index contributed by atoms with van der Waals surface area (Å²) in [6.45, 7) is 5.36. The van der Waals surface area contributed by atoms with Gasteiger partial charge < -0.3 is 4.74 Å². The van der Waals surface area contributed by atoms with Crippen molar-refractivity contribution in [1.82, 2.24) is 0 Å². The summed E-state index contributed by atoms with van der Waals surface area (Å²) in [5, 5.41) is 0. The zero-order valence-electron chi connectivity index (χ0n) is 10.3. The predicted molar refractivity (Wildman–Crippen MR) is 55.2 cm³/mol. The molecule has 2 unspecified atom stereocenters. The molecule has 0 saturated heterocycles. The van der Waals surface area contributed by atoms with E-state index in [1.165, 1.54) is 6.92 Å². The number of halogens is 5. The van der Waals surface area contributed by atoms with Crippen molar-refractivity contribution in [2.75, 3.05) is 0 Å². The third kappa shape index (κ3) is 3.20.